The number of aryl methyl sites for hydroxylation is 1. The van der Waals surface area contributed by atoms with Gasteiger partial charge in [-0.2, -0.15) is 0 Å². The maximum atomic E-state index is 13.4. The zero-order chi connectivity index (χ0) is 23.8. The van der Waals surface area contributed by atoms with E-state index in [4.69, 9.17) is 4.74 Å². The van der Waals surface area contributed by atoms with Gasteiger partial charge in [0, 0.05) is 31.3 Å². The van der Waals surface area contributed by atoms with Crippen LogP contribution in [-0.4, -0.2) is 74.2 Å². The summed E-state index contributed by atoms with van der Waals surface area (Å²) in [5.41, 5.74) is 1.32. The van der Waals surface area contributed by atoms with Crippen molar-refractivity contribution in [2.45, 2.75) is 50.0 Å². The van der Waals surface area contributed by atoms with Crippen molar-refractivity contribution in [1.82, 2.24) is 14.9 Å². The van der Waals surface area contributed by atoms with Crippen LogP contribution in [-0.2, 0) is 24.2 Å². The first-order valence-corrected chi connectivity index (χ1v) is 13.2. The lowest BCUT2D eigenvalue weighted by atomic mass is 9.93. The summed E-state index contributed by atoms with van der Waals surface area (Å²) in [7, 11) is -2.00. The fourth-order valence-corrected chi connectivity index (χ4v) is 5.44. The molecule has 9 nitrogen and oxygen atoms in total. The Kier molecular flexibility index (Phi) is 6.56. The topological polar surface area (TPSA) is 110 Å². The molecule has 0 saturated carbocycles. The fraction of sp³-hybridized carbons (Fsp3) is 0.565. The highest BCUT2D eigenvalue weighted by atomic mass is 32.2. The molecule has 1 aromatic carbocycles. The van der Waals surface area contributed by atoms with Crippen LogP contribution >= 0.6 is 0 Å². The number of benzene rings is 1. The standard InChI is InChI=1S/C23H30N4O5S/c1-15-18-10-9-17(33(3,30)31)13-19(18)25-23(24-15)26-11-6-7-16(14-26)21(28)27-12-5-4-8-20(27)22(29)32-2/h9-10,13,16,20H,4-8,11-12,14H2,1-3H3/t16-,20-/m1/s1. The molecular formula is C23H30N4O5S. The molecule has 2 aromatic rings. The third-order valence-corrected chi connectivity index (χ3v) is 7.70. The molecule has 4 rings (SSSR count). The highest BCUT2D eigenvalue weighted by Crippen LogP contribution is 2.28. The lowest BCUT2D eigenvalue weighted by Gasteiger charge is -2.39. The summed E-state index contributed by atoms with van der Waals surface area (Å²) in [4.78, 5) is 38.8. The molecule has 0 unspecified atom stereocenters. The quantitative estimate of drug-likeness (QED) is 0.620. The zero-order valence-corrected chi connectivity index (χ0v) is 20.1. The SMILES string of the molecule is COC(=O)[C@H]1CCCCN1C(=O)[C@@H]1CCCN(c2nc(C)c3ccc(S(C)(=O)=O)cc3n2)C1. The summed E-state index contributed by atoms with van der Waals surface area (Å²) < 4.78 is 28.9. The molecule has 0 spiro atoms. The van der Waals surface area contributed by atoms with Gasteiger partial charge in [0.25, 0.3) is 0 Å². The smallest absolute Gasteiger partial charge is 0.328 e. The van der Waals surface area contributed by atoms with E-state index in [0.717, 1.165) is 36.8 Å². The molecule has 3 heterocycles. The van der Waals surface area contributed by atoms with Gasteiger partial charge in [0.15, 0.2) is 9.84 Å². The number of likely N-dealkylation sites (tertiary alicyclic amines) is 1. The van der Waals surface area contributed by atoms with Crippen molar-refractivity contribution in [3.63, 3.8) is 0 Å². The number of anilines is 1. The van der Waals surface area contributed by atoms with E-state index in [-0.39, 0.29) is 22.7 Å². The number of esters is 1. The van der Waals surface area contributed by atoms with Crippen LogP contribution < -0.4 is 4.90 Å². The molecular weight excluding hydrogens is 444 g/mol. The van der Waals surface area contributed by atoms with Crippen molar-refractivity contribution in [3.8, 4) is 0 Å². The van der Waals surface area contributed by atoms with Crippen LogP contribution in [0.25, 0.3) is 10.9 Å². The van der Waals surface area contributed by atoms with Gasteiger partial charge in [-0.1, -0.05) is 0 Å². The minimum Gasteiger partial charge on any atom is -0.467 e. The molecule has 2 atom stereocenters. The summed E-state index contributed by atoms with van der Waals surface area (Å²) in [5.74, 6) is -0.144. The molecule has 1 aromatic heterocycles. The Morgan fingerprint density at radius 1 is 1.09 bits per heavy atom. The van der Waals surface area contributed by atoms with Crippen LogP contribution in [0.1, 0.15) is 37.8 Å². The third kappa shape index (κ3) is 4.80. The van der Waals surface area contributed by atoms with Crippen LogP contribution in [0.2, 0.25) is 0 Å². The number of sulfone groups is 1. The lowest BCUT2D eigenvalue weighted by Crippen LogP contribution is -2.53. The van der Waals surface area contributed by atoms with Crippen molar-refractivity contribution in [3.05, 3.63) is 23.9 Å². The molecule has 33 heavy (non-hydrogen) atoms. The summed E-state index contributed by atoms with van der Waals surface area (Å²) in [6.45, 7) is 3.60. The van der Waals surface area contributed by atoms with Crippen LogP contribution in [0.3, 0.4) is 0 Å². The molecule has 0 N–H and O–H groups in total. The van der Waals surface area contributed by atoms with E-state index in [1.54, 1.807) is 23.1 Å². The minimum atomic E-state index is -3.35. The molecule has 2 saturated heterocycles. The average molecular weight is 475 g/mol. The number of carbonyl (C=O) groups is 2. The molecule has 0 radical (unpaired) electrons. The number of piperidine rings is 2. The van der Waals surface area contributed by atoms with E-state index < -0.39 is 15.9 Å². The van der Waals surface area contributed by atoms with Gasteiger partial charge in [0.1, 0.15) is 6.04 Å². The van der Waals surface area contributed by atoms with Crippen LogP contribution in [0.4, 0.5) is 5.95 Å². The van der Waals surface area contributed by atoms with E-state index in [1.165, 1.54) is 13.4 Å². The zero-order valence-electron chi connectivity index (χ0n) is 19.3. The average Bonchev–Trinajstić information content (AvgIpc) is 2.82. The molecule has 0 aliphatic carbocycles. The molecule has 0 bridgehead atoms. The van der Waals surface area contributed by atoms with Gasteiger partial charge in [-0.3, -0.25) is 4.79 Å². The van der Waals surface area contributed by atoms with Crippen LogP contribution in [0.5, 0.6) is 0 Å². The van der Waals surface area contributed by atoms with Crippen molar-refractivity contribution < 1.29 is 22.7 Å². The van der Waals surface area contributed by atoms with Crippen molar-refractivity contribution in [2.75, 3.05) is 37.9 Å². The van der Waals surface area contributed by atoms with Crippen molar-refractivity contribution in [2.24, 2.45) is 5.92 Å². The number of fused-ring (bicyclic) bond motifs is 1. The lowest BCUT2D eigenvalue weighted by molar-refractivity contribution is -0.156. The second-order valence-corrected chi connectivity index (χ2v) is 10.9. The number of carbonyl (C=O) groups excluding carboxylic acids is 2. The number of aromatic nitrogens is 2. The van der Waals surface area contributed by atoms with Gasteiger partial charge in [0.2, 0.25) is 11.9 Å². The summed E-state index contributed by atoms with van der Waals surface area (Å²) in [5, 5.41) is 0.796. The van der Waals surface area contributed by atoms with Gasteiger partial charge < -0.3 is 14.5 Å². The van der Waals surface area contributed by atoms with E-state index in [0.29, 0.717) is 37.5 Å². The first-order valence-electron chi connectivity index (χ1n) is 11.3. The Morgan fingerprint density at radius 3 is 2.61 bits per heavy atom. The summed E-state index contributed by atoms with van der Waals surface area (Å²) in [6, 6.07) is 4.36. The Balaban J connectivity index is 1.59. The molecule has 2 fully saturated rings. The first kappa shape index (κ1) is 23.4. The summed E-state index contributed by atoms with van der Waals surface area (Å²) in [6.07, 6.45) is 5.13. The summed E-state index contributed by atoms with van der Waals surface area (Å²) >= 11 is 0. The number of amides is 1. The highest BCUT2D eigenvalue weighted by Gasteiger charge is 2.38. The maximum Gasteiger partial charge on any atom is 0.328 e. The Hall–Kier alpha value is -2.75. The predicted molar refractivity (Wildman–Crippen MR) is 124 cm³/mol. The molecule has 2 aliphatic rings. The normalized spacial score (nSPS) is 21.8. The second kappa shape index (κ2) is 9.24. The van der Waals surface area contributed by atoms with E-state index in [1.807, 2.05) is 11.8 Å². The van der Waals surface area contributed by atoms with E-state index in [9.17, 15) is 18.0 Å². The Bertz CT molecular complexity index is 1180. The molecule has 2 aliphatic heterocycles. The largest absolute Gasteiger partial charge is 0.467 e. The predicted octanol–water partition coefficient (Wildman–Crippen LogP) is 2.11. The van der Waals surface area contributed by atoms with Gasteiger partial charge in [-0.15, -0.1) is 0 Å². The van der Waals surface area contributed by atoms with Gasteiger partial charge >= 0.3 is 5.97 Å². The van der Waals surface area contributed by atoms with E-state index in [2.05, 4.69) is 9.97 Å². The van der Waals surface area contributed by atoms with Crippen molar-refractivity contribution in [1.29, 1.82) is 0 Å². The number of ether oxygens (including phenoxy) is 1. The first-order chi connectivity index (χ1) is 15.7. The van der Waals surface area contributed by atoms with Gasteiger partial charge in [-0.05, 0) is 57.2 Å². The van der Waals surface area contributed by atoms with Crippen LogP contribution in [0, 0.1) is 12.8 Å². The second-order valence-electron chi connectivity index (χ2n) is 8.91. The van der Waals surface area contributed by atoms with E-state index >= 15 is 0 Å². The number of hydrogen-bond donors (Lipinski definition) is 0. The van der Waals surface area contributed by atoms with Gasteiger partial charge in [-0.25, -0.2) is 23.2 Å². The fourth-order valence-electron chi connectivity index (χ4n) is 4.80. The highest BCUT2D eigenvalue weighted by molar-refractivity contribution is 7.90. The molecule has 178 valence electrons. The number of rotatable bonds is 4. The number of methoxy groups -OCH3 is 1. The molecule has 1 amide bonds. The third-order valence-electron chi connectivity index (χ3n) is 6.59. The number of nitrogens with zero attached hydrogens (tertiary/aromatic N) is 4. The Morgan fingerprint density at radius 2 is 1.88 bits per heavy atom. The Labute approximate surface area is 194 Å². The number of hydrogen-bond acceptors (Lipinski definition) is 8. The van der Waals surface area contributed by atoms with Crippen LogP contribution in [0.15, 0.2) is 23.1 Å². The minimum absolute atomic E-state index is 0.0216. The monoisotopic (exact) mass is 474 g/mol. The van der Waals surface area contributed by atoms with Crippen molar-refractivity contribution >= 4 is 38.6 Å². The maximum absolute atomic E-state index is 13.4. The molecule has 10 heteroatoms. The van der Waals surface area contributed by atoms with Gasteiger partial charge in [0.05, 0.1) is 29.1 Å².